The van der Waals surface area contributed by atoms with E-state index in [2.05, 4.69) is 10.1 Å². The van der Waals surface area contributed by atoms with Crippen molar-refractivity contribution in [2.75, 3.05) is 0 Å². The van der Waals surface area contributed by atoms with Gasteiger partial charge in [-0.3, -0.25) is 4.79 Å². The van der Waals surface area contributed by atoms with Crippen molar-refractivity contribution in [3.63, 3.8) is 0 Å². The van der Waals surface area contributed by atoms with E-state index in [0.717, 1.165) is 23.2 Å². The molecule has 0 saturated heterocycles. The van der Waals surface area contributed by atoms with Gasteiger partial charge in [0.1, 0.15) is 0 Å². The third-order valence-electron chi connectivity index (χ3n) is 2.88. The van der Waals surface area contributed by atoms with E-state index < -0.39 is 0 Å². The maximum Gasteiger partial charge on any atom is 0.185 e. The van der Waals surface area contributed by atoms with Crippen LogP contribution in [0.5, 0.6) is 0 Å². The molecule has 0 fully saturated rings. The molecule has 5 heteroatoms. The lowest BCUT2D eigenvalue weighted by Crippen LogP contribution is -2.03. The van der Waals surface area contributed by atoms with Gasteiger partial charge in [-0.05, 0) is 5.56 Å². The van der Waals surface area contributed by atoms with Crippen molar-refractivity contribution >= 4 is 6.29 Å². The molecule has 5 nitrogen and oxygen atoms in total. The molecule has 3 rings (SSSR count). The highest BCUT2D eigenvalue weighted by atomic mass is 16.5. The third kappa shape index (κ3) is 2.30. The molecule has 0 aliphatic heterocycles. The number of aromatic nitrogens is 3. The lowest BCUT2D eigenvalue weighted by atomic mass is 10.1. The molecule has 0 atom stereocenters. The summed E-state index contributed by atoms with van der Waals surface area (Å²) in [7, 11) is 0. The smallest absolute Gasteiger partial charge is 0.185 e. The van der Waals surface area contributed by atoms with Gasteiger partial charge in [0.15, 0.2) is 17.9 Å². The zero-order valence-corrected chi connectivity index (χ0v) is 10.1. The molecule has 3 aromatic rings. The molecule has 0 spiro atoms. The van der Waals surface area contributed by atoms with Crippen molar-refractivity contribution in [3.8, 4) is 11.3 Å². The SMILES string of the molecule is O=Cc1nccn1Cc1ccc(-c2ccno2)cc1. The van der Waals surface area contributed by atoms with Crippen LogP contribution in [0.15, 0.2) is 53.4 Å². The first-order valence-electron chi connectivity index (χ1n) is 5.83. The van der Waals surface area contributed by atoms with Crippen molar-refractivity contribution in [1.82, 2.24) is 14.7 Å². The van der Waals surface area contributed by atoms with Gasteiger partial charge in [0.25, 0.3) is 0 Å². The number of benzene rings is 1. The second kappa shape index (κ2) is 4.89. The first-order chi connectivity index (χ1) is 9.36. The Bertz CT molecular complexity index is 669. The molecule has 0 bridgehead atoms. The minimum atomic E-state index is 0.430. The Morgan fingerprint density at radius 3 is 2.68 bits per heavy atom. The summed E-state index contributed by atoms with van der Waals surface area (Å²) in [6.07, 6.45) is 5.77. The number of carbonyl (C=O) groups is 1. The van der Waals surface area contributed by atoms with E-state index in [1.165, 1.54) is 0 Å². The molecule has 94 valence electrons. The van der Waals surface area contributed by atoms with Crippen LogP contribution in [0.3, 0.4) is 0 Å². The average Bonchev–Trinajstić information content (AvgIpc) is 3.10. The third-order valence-corrected chi connectivity index (χ3v) is 2.88. The van der Waals surface area contributed by atoms with Crippen molar-refractivity contribution in [2.45, 2.75) is 6.54 Å². The highest BCUT2D eigenvalue weighted by Crippen LogP contribution is 2.19. The van der Waals surface area contributed by atoms with Gasteiger partial charge in [0.2, 0.25) is 0 Å². The molecule has 0 unspecified atom stereocenters. The predicted octanol–water partition coefficient (Wildman–Crippen LogP) is 2.40. The Morgan fingerprint density at radius 2 is 2.00 bits per heavy atom. The van der Waals surface area contributed by atoms with Crippen LogP contribution in [0.4, 0.5) is 0 Å². The maximum absolute atomic E-state index is 10.8. The lowest BCUT2D eigenvalue weighted by molar-refractivity contribution is 0.111. The van der Waals surface area contributed by atoms with Crippen LogP contribution in [0, 0.1) is 0 Å². The summed E-state index contributed by atoms with van der Waals surface area (Å²) in [5, 5.41) is 3.68. The van der Waals surface area contributed by atoms with E-state index in [1.807, 2.05) is 30.3 Å². The van der Waals surface area contributed by atoms with Crippen LogP contribution < -0.4 is 0 Å². The second-order valence-corrected chi connectivity index (χ2v) is 4.10. The Kier molecular flexibility index (Phi) is 2.94. The Hall–Kier alpha value is -2.69. The quantitative estimate of drug-likeness (QED) is 0.670. The molecule has 0 aliphatic rings. The molecule has 0 radical (unpaired) electrons. The lowest BCUT2D eigenvalue weighted by Gasteiger charge is -2.05. The Labute approximate surface area is 109 Å². The second-order valence-electron chi connectivity index (χ2n) is 4.10. The minimum absolute atomic E-state index is 0.430. The fraction of sp³-hybridized carbons (Fsp3) is 0.0714. The summed E-state index contributed by atoms with van der Waals surface area (Å²) in [4.78, 5) is 14.7. The predicted molar refractivity (Wildman–Crippen MR) is 68.7 cm³/mol. The van der Waals surface area contributed by atoms with Gasteiger partial charge >= 0.3 is 0 Å². The molecular formula is C14H11N3O2. The highest BCUT2D eigenvalue weighted by molar-refractivity contribution is 5.69. The molecule has 0 aliphatic carbocycles. The van der Waals surface area contributed by atoms with E-state index >= 15 is 0 Å². The van der Waals surface area contributed by atoms with E-state index in [-0.39, 0.29) is 0 Å². The standard InChI is InChI=1S/C14H11N3O2/c18-10-14-15-7-8-17(14)9-11-1-3-12(4-2-11)13-5-6-16-19-13/h1-8,10H,9H2. The van der Waals surface area contributed by atoms with Crippen LogP contribution >= 0.6 is 0 Å². The van der Waals surface area contributed by atoms with Crippen LogP contribution in [0.2, 0.25) is 0 Å². The van der Waals surface area contributed by atoms with Crippen LogP contribution in [0.25, 0.3) is 11.3 Å². The monoisotopic (exact) mass is 253 g/mol. The van der Waals surface area contributed by atoms with Gasteiger partial charge in [-0.2, -0.15) is 0 Å². The zero-order chi connectivity index (χ0) is 13.1. The largest absolute Gasteiger partial charge is 0.356 e. The van der Waals surface area contributed by atoms with Gasteiger partial charge in [-0.25, -0.2) is 4.98 Å². The number of nitrogens with zero attached hydrogens (tertiary/aromatic N) is 3. The van der Waals surface area contributed by atoms with Crippen LogP contribution in [-0.2, 0) is 6.54 Å². The fourth-order valence-corrected chi connectivity index (χ4v) is 1.91. The summed E-state index contributed by atoms with van der Waals surface area (Å²) in [6.45, 7) is 0.616. The number of carbonyl (C=O) groups excluding carboxylic acids is 1. The van der Waals surface area contributed by atoms with Crippen molar-refractivity contribution in [2.24, 2.45) is 0 Å². The molecule has 1 aromatic carbocycles. The first-order valence-corrected chi connectivity index (χ1v) is 5.83. The number of rotatable bonds is 4. The Morgan fingerprint density at radius 1 is 1.16 bits per heavy atom. The summed E-state index contributed by atoms with van der Waals surface area (Å²) >= 11 is 0. The van der Waals surface area contributed by atoms with Crippen molar-refractivity contribution in [1.29, 1.82) is 0 Å². The van der Waals surface area contributed by atoms with Gasteiger partial charge in [0, 0.05) is 30.6 Å². The number of hydrogen-bond donors (Lipinski definition) is 0. The summed E-state index contributed by atoms with van der Waals surface area (Å²) in [5.41, 5.74) is 2.06. The van der Waals surface area contributed by atoms with Gasteiger partial charge in [0.05, 0.1) is 6.20 Å². The molecule has 0 N–H and O–H groups in total. The Balaban J connectivity index is 1.82. The highest BCUT2D eigenvalue weighted by Gasteiger charge is 2.04. The number of imidazole rings is 1. The molecule has 2 aromatic heterocycles. The van der Waals surface area contributed by atoms with Crippen LogP contribution in [0.1, 0.15) is 16.2 Å². The fourth-order valence-electron chi connectivity index (χ4n) is 1.91. The average molecular weight is 253 g/mol. The maximum atomic E-state index is 10.8. The molecule has 19 heavy (non-hydrogen) atoms. The first kappa shape index (κ1) is 11.4. The minimum Gasteiger partial charge on any atom is -0.356 e. The van der Waals surface area contributed by atoms with Crippen molar-refractivity contribution < 1.29 is 9.32 Å². The molecule has 0 saturated carbocycles. The van der Waals surface area contributed by atoms with E-state index in [9.17, 15) is 4.79 Å². The van der Waals surface area contributed by atoms with Crippen molar-refractivity contribution in [3.05, 3.63) is 60.3 Å². The molecule has 2 heterocycles. The zero-order valence-electron chi connectivity index (χ0n) is 10.1. The summed E-state index contributed by atoms with van der Waals surface area (Å²) in [5.74, 6) is 1.17. The molecular weight excluding hydrogens is 242 g/mol. The van der Waals surface area contributed by atoms with Gasteiger partial charge < -0.3 is 9.09 Å². The van der Waals surface area contributed by atoms with Crippen LogP contribution in [-0.4, -0.2) is 21.0 Å². The van der Waals surface area contributed by atoms with Gasteiger partial charge in [-0.1, -0.05) is 29.4 Å². The van der Waals surface area contributed by atoms with E-state index in [4.69, 9.17) is 4.52 Å². The van der Waals surface area contributed by atoms with Gasteiger partial charge in [-0.15, -0.1) is 0 Å². The van der Waals surface area contributed by atoms with E-state index in [1.54, 1.807) is 23.2 Å². The number of hydrogen-bond acceptors (Lipinski definition) is 4. The molecule has 0 amide bonds. The topological polar surface area (TPSA) is 60.9 Å². The summed E-state index contributed by atoms with van der Waals surface area (Å²) in [6, 6.07) is 9.73. The van der Waals surface area contributed by atoms with E-state index in [0.29, 0.717) is 12.4 Å². The normalized spacial score (nSPS) is 10.5. The summed E-state index contributed by atoms with van der Waals surface area (Å²) < 4.78 is 6.89. The number of aldehydes is 1.